The summed E-state index contributed by atoms with van der Waals surface area (Å²) < 4.78 is 4.64. The van der Waals surface area contributed by atoms with Crippen LogP contribution in [0.4, 0.5) is 0 Å². The SMILES string of the molecule is CCNC(=NCCC(=O)OC)N1CCCC2(CNC(=O)C2)C1.I. The number of ether oxygens (including phenoxy) is 1. The summed E-state index contributed by atoms with van der Waals surface area (Å²) in [6.07, 6.45) is 3.01. The number of likely N-dealkylation sites (tertiary alicyclic amines) is 1. The number of nitrogens with zero attached hydrogens (tertiary/aromatic N) is 2. The molecule has 2 aliphatic heterocycles. The summed E-state index contributed by atoms with van der Waals surface area (Å²) in [5.74, 6) is 0.722. The molecule has 1 amide bonds. The number of carbonyl (C=O) groups excluding carboxylic acids is 2. The quantitative estimate of drug-likeness (QED) is 0.293. The summed E-state index contributed by atoms with van der Waals surface area (Å²) in [6.45, 7) is 5.73. The van der Waals surface area contributed by atoms with Crippen molar-refractivity contribution in [3.05, 3.63) is 0 Å². The Morgan fingerprint density at radius 2 is 2.30 bits per heavy atom. The van der Waals surface area contributed by atoms with Crippen molar-refractivity contribution in [2.24, 2.45) is 10.4 Å². The monoisotopic (exact) mass is 438 g/mol. The van der Waals surface area contributed by atoms with Crippen molar-refractivity contribution >= 4 is 41.8 Å². The van der Waals surface area contributed by atoms with Crippen molar-refractivity contribution in [2.75, 3.05) is 39.8 Å². The standard InChI is InChI=1S/C15H26N4O3.HI/c1-3-16-14(17-7-5-13(21)22-2)19-8-4-6-15(11-19)9-12(20)18-10-15;/h3-11H2,1-2H3,(H,16,17)(H,18,20);1H. The van der Waals surface area contributed by atoms with Crippen molar-refractivity contribution in [3.63, 3.8) is 0 Å². The average molecular weight is 438 g/mol. The van der Waals surface area contributed by atoms with Gasteiger partial charge in [0.2, 0.25) is 5.91 Å². The van der Waals surface area contributed by atoms with E-state index in [4.69, 9.17) is 0 Å². The molecule has 1 atom stereocenters. The van der Waals surface area contributed by atoms with Crippen LogP contribution in [0.15, 0.2) is 4.99 Å². The van der Waals surface area contributed by atoms with E-state index in [1.807, 2.05) is 6.92 Å². The molecule has 1 spiro atoms. The van der Waals surface area contributed by atoms with Gasteiger partial charge in [-0.15, -0.1) is 24.0 Å². The van der Waals surface area contributed by atoms with Crippen molar-refractivity contribution in [1.29, 1.82) is 0 Å². The van der Waals surface area contributed by atoms with Crippen LogP contribution in [0.2, 0.25) is 0 Å². The lowest BCUT2D eigenvalue weighted by molar-refractivity contribution is -0.140. The molecule has 2 fully saturated rings. The first-order valence-electron chi connectivity index (χ1n) is 7.95. The molecule has 2 heterocycles. The van der Waals surface area contributed by atoms with Crippen molar-refractivity contribution in [1.82, 2.24) is 15.5 Å². The van der Waals surface area contributed by atoms with Gasteiger partial charge >= 0.3 is 5.97 Å². The summed E-state index contributed by atoms with van der Waals surface area (Å²) in [4.78, 5) is 29.5. The van der Waals surface area contributed by atoms with E-state index >= 15 is 0 Å². The topological polar surface area (TPSA) is 83.0 Å². The highest BCUT2D eigenvalue weighted by Crippen LogP contribution is 2.35. The molecule has 2 rings (SSSR count). The molecule has 0 aliphatic carbocycles. The fourth-order valence-corrected chi connectivity index (χ4v) is 3.21. The fraction of sp³-hybridized carbons (Fsp3) is 0.800. The van der Waals surface area contributed by atoms with Crippen LogP contribution in [0.1, 0.15) is 32.6 Å². The Bertz CT molecular complexity index is 458. The lowest BCUT2D eigenvalue weighted by Crippen LogP contribution is -2.51. The van der Waals surface area contributed by atoms with Gasteiger partial charge in [-0.25, -0.2) is 0 Å². The number of carbonyl (C=O) groups is 2. The van der Waals surface area contributed by atoms with E-state index in [0.29, 0.717) is 13.0 Å². The maximum absolute atomic E-state index is 11.6. The molecule has 8 heteroatoms. The first kappa shape index (κ1) is 20.0. The van der Waals surface area contributed by atoms with Gasteiger partial charge in [0.15, 0.2) is 5.96 Å². The maximum atomic E-state index is 11.6. The third-order valence-corrected chi connectivity index (χ3v) is 4.30. The van der Waals surface area contributed by atoms with Crippen molar-refractivity contribution in [3.8, 4) is 0 Å². The second-order valence-electron chi connectivity index (χ2n) is 6.04. The number of rotatable bonds is 4. The molecule has 2 N–H and O–H groups in total. The highest BCUT2D eigenvalue weighted by atomic mass is 127. The van der Waals surface area contributed by atoms with Crippen LogP contribution in [-0.2, 0) is 14.3 Å². The van der Waals surface area contributed by atoms with E-state index in [-0.39, 0.29) is 47.7 Å². The predicted molar refractivity (Wildman–Crippen MR) is 98.9 cm³/mol. The number of amides is 1. The lowest BCUT2D eigenvalue weighted by Gasteiger charge is -2.40. The minimum atomic E-state index is -0.250. The molecule has 1 unspecified atom stereocenters. The van der Waals surface area contributed by atoms with Crippen LogP contribution in [0.5, 0.6) is 0 Å². The summed E-state index contributed by atoms with van der Waals surface area (Å²) in [6, 6.07) is 0. The summed E-state index contributed by atoms with van der Waals surface area (Å²) in [7, 11) is 1.38. The Hall–Kier alpha value is -1.06. The zero-order valence-electron chi connectivity index (χ0n) is 13.9. The number of piperidine rings is 1. The van der Waals surface area contributed by atoms with E-state index in [2.05, 4.69) is 25.3 Å². The van der Waals surface area contributed by atoms with Crippen molar-refractivity contribution in [2.45, 2.75) is 32.6 Å². The van der Waals surface area contributed by atoms with E-state index < -0.39 is 0 Å². The molecule has 0 aromatic heterocycles. The number of esters is 1. The number of aliphatic imine (C=N–C) groups is 1. The molecule has 7 nitrogen and oxygen atoms in total. The van der Waals surface area contributed by atoms with Gasteiger partial charge in [-0.05, 0) is 19.8 Å². The molecule has 0 aromatic rings. The highest BCUT2D eigenvalue weighted by molar-refractivity contribution is 14.0. The van der Waals surface area contributed by atoms with Crippen LogP contribution in [0.25, 0.3) is 0 Å². The molecule has 0 radical (unpaired) electrons. The Kier molecular flexibility index (Phi) is 8.07. The average Bonchev–Trinajstić information content (AvgIpc) is 2.86. The Morgan fingerprint density at radius 1 is 1.52 bits per heavy atom. The third-order valence-electron chi connectivity index (χ3n) is 4.30. The van der Waals surface area contributed by atoms with Crippen LogP contribution >= 0.6 is 24.0 Å². The second-order valence-corrected chi connectivity index (χ2v) is 6.04. The minimum Gasteiger partial charge on any atom is -0.469 e. The van der Waals surface area contributed by atoms with Crippen LogP contribution in [0.3, 0.4) is 0 Å². The van der Waals surface area contributed by atoms with Gasteiger partial charge in [0.1, 0.15) is 0 Å². The van der Waals surface area contributed by atoms with Gasteiger partial charge in [0.25, 0.3) is 0 Å². The highest BCUT2D eigenvalue weighted by Gasteiger charge is 2.42. The van der Waals surface area contributed by atoms with Gasteiger partial charge in [-0.2, -0.15) is 0 Å². The van der Waals surface area contributed by atoms with Crippen molar-refractivity contribution < 1.29 is 14.3 Å². The van der Waals surface area contributed by atoms with Gasteiger partial charge in [-0.1, -0.05) is 0 Å². The molecule has 0 bridgehead atoms. The molecule has 0 aromatic carbocycles. The zero-order chi connectivity index (χ0) is 16.0. The van der Waals surface area contributed by atoms with Crippen LogP contribution < -0.4 is 10.6 Å². The maximum Gasteiger partial charge on any atom is 0.307 e. The summed E-state index contributed by atoms with van der Waals surface area (Å²) in [5, 5.41) is 6.23. The number of guanidine groups is 1. The third kappa shape index (κ3) is 5.50. The number of halogens is 1. The molecular weight excluding hydrogens is 411 g/mol. The Labute approximate surface area is 154 Å². The lowest BCUT2D eigenvalue weighted by atomic mass is 9.79. The molecular formula is C15H27IN4O3. The first-order chi connectivity index (χ1) is 10.6. The Balaban J connectivity index is 0.00000264. The minimum absolute atomic E-state index is 0. The Morgan fingerprint density at radius 3 is 2.91 bits per heavy atom. The van der Waals surface area contributed by atoms with E-state index in [1.54, 1.807) is 0 Å². The van der Waals surface area contributed by atoms with E-state index in [1.165, 1.54) is 7.11 Å². The summed E-state index contributed by atoms with van der Waals surface area (Å²) in [5.41, 5.74) is 0.0356. The fourth-order valence-electron chi connectivity index (χ4n) is 3.21. The molecule has 2 saturated heterocycles. The number of hydrogen-bond acceptors (Lipinski definition) is 4. The predicted octanol–water partition coefficient (Wildman–Crippen LogP) is 0.735. The van der Waals surface area contributed by atoms with Gasteiger partial charge < -0.3 is 20.3 Å². The van der Waals surface area contributed by atoms with Crippen LogP contribution in [0, 0.1) is 5.41 Å². The first-order valence-corrected chi connectivity index (χ1v) is 7.95. The number of nitrogens with one attached hydrogen (secondary N) is 2. The van der Waals surface area contributed by atoms with E-state index in [0.717, 1.165) is 45.0 Å². The number of hydrogen-bond donors (Lipinski definition) is 2. The second kappa shape index (κ2) is 9.29. The van der Waals surface area contributed by atoms with Gasteiger partial charge in [-0.3, -0.25) is 14.6 Å². The van der Waals surface area contributed by atoms with Gasteiger partial charge in [0.05, 0.1) is 20.1 Å². The normalized spacial score (nSPS) is 24.2. The van der Waals surface area contributed by atoms with Crippen LogP contribution in [-0.4, -0.2) is 62.6 Å². The molecule has 2 aliphatic rings. The molecule has 132 valence electrons. The zero-order valence-corrected chi connectivity index (χ0v) is 16.2. The molecule has 23 heavy (non-hydrogen) atoms. The van der Waals surface area contributed by atoms with E-state index in [9.17, 15) is 9.59 Å². The largest absolute Gasteiger partial charge is 0.469 e. The number of methoxy groups -OCH3 is 1. The smallest absolute Gasteiger partial charge is 0.307 e. The molecule has 0 saturated carbocycles. The van der Waals surface area contributed by atoms with Gasteiger partial charge in [0, 0.05) is 38.0 Å². The summed E-state index contributed by atoms with van der Waals surface area (Å²) >= 11 is 0.